The molecule has 0 aliphatic carbocycles. The summed E-state index contributed by atoms with van der Waals surface area (Å²) in [6.07, 6.45) is 1.22. The normalized spacial score (nSPS) is 10.3. The number of benzene rings is 3. The maximum atomic E-state index is 12.9. The number of anilines is 1. The summed E-state index contributed by atoms with van der Waals surface area (Å²) >= 11 is 0. The zero-order chi connectivity index (χ0) is 18.2. The zero-order valence-corrected chi connectivity index (χ0v) is 15.0. The van der Waals surface area contributed by atoms with E-state index in [1.165, 1.54) is 5.56 Å². The molecule has 3 aromatic carbocycles. The number of para-hydroxylation sites is 1. The molecule has 0 aromatic heterocycles. The number of rotatable bonds is 7. The predicted molar refractivity (Wildman–Crippen MR) is 105 cm³/mol. The Morgan fingerprint density at radius 1 is 0.808 bits per heavy atom. The van der Waals surface area contributed by atoms with Crippen molar-refractivity contribution in [2.45, 2.75) is 19.4 Å². The molecule has 3 nitrogen and oxygen atoms in total. The molecule has 26 heavy (non-hydrogen) atoms. The summed E-state index contributed by atoms with van der Waals surface area (Å²) < 4.78 is 5.21. The van der Waals surface area contributed by atoms with Crippen molar-refractivity contribution in [1.29, 1.82) is 0 Å². The highest BCUT2D eigenvalue weighted by atomic mass is 16.5. The second-order valence-corrected chi connectivity index (χ2v) is 6.15. The Morgan fingerprint density at radius 2 is 1.42 bits per heavy atom. The van der Waals surface area contributed by atoms with E-state index in [4.69, 9.17) is 4.74 Å². The third-order valence-corrected chi connectivity index (χ3v) is 4.34. The largest absolute Gasteiger partial charge is 0.497 e. The van der Waals surface area contributed by atoms with Crippen molar-refractivity contribution in [1.82, 2.24) is 0 Å². The minimum atomic E-state index is 0.121. The van der Waals surface area contributed by atoms with Crippen LogP contribution in [-0.4, -0.2) is 13.0 Å². The Balaban J connectivity index is 1.75. The van der Waals surface area contributed by atoms with E-state index >= 15 is 0 Å². The second-order valence-electron chi connectivity index (χ2n) is 6.15. The van der Waals surface area contributed by atoms with Crippen LogP contribution in [-0.2, 0) is 17.8 Å². The highest BCUT2D eigenvalue weighted by Gasteiger charge is 2.16. The first-order chi connectivity index (χ1) is 12.8. The minimum Gasteiger partial charge on any atom is -0.497 e. The van der Waals surface area contributed by atoms with Crippen molar-refractivity contribution in [2.75, 3.05) is 12.0 Å². The number of ether oxygens (including phenoxy) is 1. The molecule has 0 radical (unpaired) electrons. The fourth-order valence-electron chi connectivity index (χ4n) is 2.88. The number of amides is 1. The van der Waals surface area contributed by atoms with Crippen LogP contribution >= 0.6 is 0 Å². The third kappa shape index (κ3) is 4.73. The molecule has 0 N–H and O–H groups in total. The molecular formula is C23H23NO2. The number of carbonyl (C=O) groups is 1. The van der Waals surface area contributed by atoms with Crippen LogP contribution in [0.2, 0.25) is 0 Å². The van der Waals surface area contributed by atoms with E-state index in [1.807, 2.05) is 77.7 Å². The van der Waals surface area contributed by atoms with E-state index < -0.39 is 0 Å². The van der Waals surface area contributed by atoms with Gasteiger partial charge in [-0.15, -0.1) is 0 Å². The van der Waals surface area contributed by atoms with Crippen LogP contribution in [0.15, 0.2) is 84.9 Å². The van der Waals surface area contributed by atoms with Crippen molar-refractivity contribution in [3.63, 3.8) is 0 Å². The number of methoxy groups -OCH3 is 1. The lowest BCUT2D eigenvalue weighted by Crippen LogP contribution is -2.30. The van der Waals surface area contributed by atoms with Gasteiger partial charge in [-0.2, -0.15) is 0 Å². The number of aryl methyl sites for hydroxylation is 1. The molecule has 3 aromatic rings. The highest BCUT2D eigenvalue weighted by Crippen LogP contribution is 2.20. The number of nitrogens with zero attached hydrogens (tertiary/aromatic N) is 1. The molecule has 0 aliphatic rings. The number of carbonyl (C=O) groups excluding carboxylic acids is 1. The average Bonchev–Trinajstić information content (AvgIpc) is 2.72. The van der Waals surface area contributed by atoms with Crippen LogP contribution in [0, 0.1) is 0 Å². The van der Waals surface area contributed by atoms with Crippen molar-refractivity contribution in [2.24, 2.45) is 0 Å². The van der Waals surface area contributed by atoms with E-state index in [9.17, 15) is 4.79 Å². The molecule has 0 atom stereocenters. The Bertz CT molecular complexity index is 814. The molecule has 0 aliphatic heterocycles. The van der Waals surface area contributed by atoms with Crippen LogP contribution in [0.1, 0.15) is 17.5 Å². The summed E-state index contributed by atoms with van der Waals surface area (Å²) in [5, 5.41) is 0. The second kappa shape index (κ2) is 8.86. The lowest BCUT2D eigenvalue weighted by Gasteiger charge is -2.23. The molecule has 3 rings (SSSR count). The quantitative estimate of drug-likeness (QED) is 0.612. The lowest BCUT2D eigenvalue weighted by molar-refractivity contribution is -0.118. The fraction of sp³-hybridized carbons (Fsp3) is 0.174. The molecule has 0 fully saturated rings. The highest BCUT2D eigenvalue weighted by molar-refractivity contribution is 5.93. The molecule has 0 bridgehead atoms. The van der Waals surface area contributed by atoms with E-state index in [0.29, 0.717) is 13.0 Å². The van der Waals surface area contributed by atoms with Crippen LogP contribution in [0.4, 0.5) is 5.69 Å². The van der Waals surface area contributed by atoms with Gasteiger partial charge in [0.2, 0.25) is 5.91 Å². The fourth-order valence-corrected chi connectivity index (χ4v) is 2.88. The molecule has 132 valence electrons. The Hall–Kier alpha value is -3.07. The smallest absolute Gasteiger partial charge is 0.227 e. The molecule has 0 spiro atoms. The standard InChI is InChI=1S/C23H23NO2/c1-26-22-15-12-20(13-16-22)18-24(21-10-6-3-7-11-21)23(25)17-14-19-8-4-2-5-9-19/h2-13,15-16H,14,17-18H2,1H3. The number of hydrogen-bond donors (Lipinski definition) is 0. The van der Waals surface area contributed by atoms with E-state index in [0.717, 1.165) is 23.4 Å². The minimum absolute atomic E-state index is 0.121. The van der Waals surface area contributed by atoms with Gasteiger partial charge in [-0.1, -0.05) is 60.7 Å². The van der Waals surface area contributed by atoms with Crippen LogP contribution in [0.3, 0.4) is 0 Å². The third-order valence-electron chi connectivity index (χ3n) is 4.34. The van der Waals surface area contributed by atoms with Gasteiger partial charge < -0.3 is 9.64 Å². The topological polar surface area (TPSA) is 29.5 Å². The van der Waals surface area contributed by atoms with Crippen molar-refractivity contribution in [3.8, 4) is 5.75 Å². The van der Waals surface area contributed by atoms with E-state index in [2.05, 4.69) is 12.1 Å². The van der Waals surface area contributed by atoms with Gasteiger partial charge in [-0.3, -0.25) is 4.79 Å². The van der Waals surface area contributed by atoms with Gasteiger partial charge in [0, 0.05) is 12.1 Å². The van der Waals surface area contributed by atoms with E-state index in [-0.39, 0.29) is 5.91 Å². The SMILES string of the molecule is COc1ccc(CN(C(=O)CCc2ccccc2)c2ccccc2)cc1. The van der Waals surface area contributed by atoms with Gasteiger partial charge in [0.05, 0.1) is 13.7 Å². The summed E-state index contributed by atoms with van der Waals surface area (Å²) in [6.45, 7) is 0.543. The van der Waals surface area contributed by atoms with Crippen molar-refractivity contribution in [3.05, 3.63) is 96.1 Å². The summed E-state index contributed by atoms with van der Waals surface area (Å²) in [6, 6.07) is 27.8. The molecule has 0 unspecified atom stereocenters. The molecule has 1 amide bonds. The lowest BCUT2D eigenvalue weighted by atomic mass is 10.1. The Labute approximate surface area is 154 Å². The Morgan fingerprint density at radius 3 is 2.04 bits per heavy atom. The average molecular weight is 345 g/mol. The van der Waals surface area contributed by atoms with Gasteiger partial charge in [0.25, 0.3) is 0 Å². The maximum absolute atomic E-state index is 12.9. The summed E-state index contributed by atoms with van der Waals surface area (Å²) in [5.74, 6) is 0.936. The maximum Gasteiger partial charge on any atom is 0.227 e. The summed E-state index contributed by atoms with van der Waals surface area (Å²) in [5.41, 5.74) is 3.17. The van der Waals surface area contributed by atoms with Gasteiger partial charge in [0.1, 0.15) is 5.75 Å². The summed E-state index contributed by atoms with van der Waals surface area (Å²) in [4.78, 5) is 14.8. The summed E-state index contributed by atoms with van der Waals surface area (Å²) in [7, 11) is 1.65. The van der Waals surface area contributed by atoms with Crippen molar-refractivity contribution < 1.29 is 9.53 Å². The molecule has 3 heteroatoms. The first-order valence-electron chi connectivity index (χ1n) is 8.78. The van der Waals surface area contributed by atoms with Crippen LogP contribution in [0.5, 0.6) is 5.75 Å². The first-order valence-corrected chi connectivity index (χ1v) is 8.78. The van der Waals surface area contributed by atoms with Gasteiger partial charge in [-0.05, 0) is 41.8 Å². The molecule has 0 saturated carbocycles. The first kappa shape index (κ1) is 17.7. The van der Waals surface area contributed by atoms with Gasteiger partial charge >= 0.3 is 0 Å². The van der Waals surface area contributed by atoms with E-state index in [1.54, 1.807) is 7.11 Å². The Kier molecular flexibility index (Phi) is 6.05. The molecular weight excluding hydrogens is 322 g/mol. The number of hydrogen-bond acceptors (Lipinski definition) is 2. The zero-order valence-electron chi connectivity index (χ0n) is 15.0. The molecule has 0 heterocycles. The monoisotopic (exact) mass is 345 g/mol. The van der Waals surface area contributed by atoms with Gasteiger partial charge in [-0.25, -0.2) is 0 Å². The van der Waals surface area contributed by atoms with Crippen molar-refractivity contribution >= 4 is 11.6 Å². The van der Waals surface area contributed by atoms with Crippen LogP contribution in [0.25, 0.3) is 0 Å². The molecule has 0 saturated heterocycles. The predicted octanol–water partition coefficient (Wildman–Crippen LogP) is 4.86. The van der Waals surface area contributed by atoms with Crippen LogP contribution < -0.4 is 9.64 Å². The van der Waals surface area contributed by atoms with Gasteiger partial charge in [0.15, 0.2) is 0 Å².